The minimum atomic E-state index is -4.76. The zero-order chi connectivity index (χ0) is 28.7. The summed E-state index contributed by atoms with van der Waals surface area (Å²) in [6.07, 6.45) is -1.71. The Morgan fingerprint density at radius 1 is 1.02 bits per heavy atom. The number of amidine groups is 1. The number of nitrogens with one attached hydrogen (secondary N) is 1. The molecule has 9 nitrogen and oxygen atoms in total. The van der Waals surface area contributed by atoms with Crippen LogP contribution in [-0.4, -0.2) is 38.5 Å². The third-order valence-corrected chi connectivity index (χ3v) is 5.92. The van der Waals surface area contributed by atoms with Gasteiger partial charge in [-0.3, -0.25) is 10.2 Å². The first kappa shape index (κ1) is 28.4. The topological polar surface area (TPSA) is 103 Å². The number of halogens is 3. The fourth-order valence-electron chi connectivity index (χ4n) is 3.44. The first-order valence-corrected chi connectivity index (χ1v) is 12.5. The van der Waals surface area contributed by atoms with Crippen LogP contribution >= 0.6 is 12.0 Å². The van der Waals surface area contributed by atoms with Crippen LogP contribution in [-0.2, 0) is 8.98 Å². The van der Waals surface area contributed by atoms with E-state index in [1.807, 2.05) is 44.2 Å². The Labute approximate surface area is 232 Å². The molecule has 3 aromatic carbocycles. The van der Waals surface area contributed by atoms with Crippen LogP contribution in [0.3, 0.4) is 0 Å². The Bertz CT molecular complexity index is 1510. The summed E-state index contributed by atoms with van der Waals surface area (Å²) in [7, 11) is 0. The summed E-state index contributed by atoms with van der Waals surface area (Å²) in [4.78, 5) is 20.1. The number of rotatable bonds is 6. The molecule has 0 radical (unpaired) electrons. The zero-order valence-electron chi connectivity index (χ0n) is 21.5. The second-order valence-corrected chi connectivity index (χ2v) is 9.08. The number of ether oxygens (including phenoxy) is 1. The van der Waals surface area contributed by atoms with Crippen molar-refractivity contribution in [2.24, 2.45) is 10.1 Å². The molecule has 1 N–H and O–H groups in total. The third-order valence-electron chi connectivity index (χ3n) is 5.26. The van der Waals surface area contributed by atoms with Crippen LogP contribution in [0.1, 0.15) is 23.6 Å². The molecule has 0 saturated heterocycles. The van der Waals surface area contributed by atoms with Crippen LogP contribution in [0.2, 0.25) is 0 Å². The number of carbonyl (C=O) groups is 1. The van der Waals surface area contributed by atoms with Crippen LogP contribution in [0, 0.1) is 13.8 Å². The maximum absolute atomic E-state index is 12.4. The van der Waals surface area contributed by atoms with Gasteiger partial charge in [0.25, 0.3) is 0 Å². The molecule has 0 spiro atoms. The predicted molar refractivity (Wildman–Crippen MR) is 147 cm³/mol. The molecule has 1 heterocycles. The van der Waals surface area contributed by atoms with Crippen molar-refractivity contribution in [2.45, 2.75) is 27.1 Å². The Morgan fingerprint density at radius 2 is 1.70 bits per heavy atom. The van der Waals surface area contributed by atoms with E-state index < -0.39 is 12.3 Å². The Kier molecular flexibility index (Phi) is 8.84. The summed E-state index contributed by atoms with van der Waals surface area (Å²) in [5, 5.41) is 8.90. The number of nitrogens with zero attached hydrogens (tertiary/aromatic N) is 5. The number of hydrogen-bond donors (Lipinski definition) is 1. The number of benzene rings is 3. The number of carbonyl (C=O) groups excluding carboxylic acids is 1. The smallest absolute Gasteiger partial charge is 0.406 e. The predicted octanol–water partition coefficient (Wildman–Crippen LogP) is 6.27. The molecule has 4 rings (SSSR count). The van der Waals surface area contributed by atoms with Gasteiger partial charge in [0.05, 0.1) is 17.6 Å². The van der Waals surface area contributed by atoms with E-state index in [4.69, 9.17) is 4.18 Å². The quantitative estimate of drug-likeness (QED) is 0.127. The van der Waals surface area contributed by atoms with Crippen molar-refractivity contribution < 1.29 is 26.9 Å². The van der Waals surface area contributed by atoms with Gasteiger partial charge in [0.15, 0.2) is 5.82 Å². The van der Waals surface area contributed by atoms with Gasteiger partial charge in [0.1, 0.15) is 24.1 Å². The molecule has 0 unspecified atom stereocenters. The van der Waals surface area contributed by atoms with E-state index >= 15 is 0 Å². The van der Waals surface area contributed by atoms with Crippen molar-refractivity contribution >= 4 is 35.1 Å². The zero-order valence-corrected chi connectivity index (χ0v) is 22.3. The number of aromatic nitrogens is 3. The lowest BCUT2D eigenvalue weighted by Gasteiger charge is -2.09. The highest BCUT2D eigenvalue weighted by Crippen LogP contribution is 2.25. The summed E-state index contributed by atoms with van der Waals surface area (Å²) in [6.45, 7) is 5.17. The first-order valence-electron chi connectivity index (χ1n) is 11.7. The van der Waals surface area contributed by atoms with Gasteiger partial charge in [0, 0.05) is 12.5 Å². The standard InChI is InChI=1S/C27H23F3N6O3S/c1-17-5-4-6-18(2)24(17)33-26(40-39-19(3)37)34-32-15-20-7-9-21(10-8-20)25-31-16-36(35-25)22-11-13-23(14-12-22)38-27(28,29)30/h4-16H,1-3H3,(H,33,34)/b32-15+. The minimum Gasteiger partial charge on any atom is -0.406 e. The summed E-state index contributed by atoms with van der Waals surface area (Å²) in [5.41, 5.74) is 7.51. The Hall–Kier alpha value is -4.65. The van der Waals surface area contributed by atoms with Gasteiger partial charge < -0.3 is 8.92 Å². The van der Waals surface area contributed by atoms with Gasteiger partial charge in [-0.2, -0.15) is 5.10 Å². The molecule has 0 fully saturated rings. The van der Waals surface area contributed by atoms with Crippen molar-refractivity contribution in [1.29, 1.82) is 0 Å². The van der Waals surface area contributed by atoms with E-state index in [0.29, 0.717) is 11.5 Å². The lowest BCUT2D eigenvalue weighted by atomic mass is 10.1. The van der Waals surface area contributed by atoms with Gasteiger partial charge in [-0.05, 0) is 54.8 Å². The largest absolute Gasteiger partial charge is 0.573 e. The summed E-state index contributed by atoms with van der Waals surface area (Å²) in [6, 6.07) is 18.3. The lowest BCUT2D eigenvalue weighted by Crippen LogP contribution is -2.17. The number of aryl methyl sites for hydroxylation is 2. The summed E-state index contributed by atoms with van der Waals surface area (Å²) in [5.74, 6) is -0.362. The summed E-state index contributed by atoms with van der Waals surface area (Å²) >= 11 is 0.780. The van der Waals surface area contributed by atoms with Crippen LogP contribution in [0.25, 0.3) is 17.1 Å². The lowest BCUT2D eigenvalue weighted by molar-refractivity contribution is -0.274. The maximum atomic E-state index is 12.4. The SMILES string of the molecule is CC(=O)OS/C(=N\c1c(C)cccc1C)N/N=C/c1ccc(-c2ncn(-c3ccc(OC(F)(F)F)cc3)n2)cc1. The fraction of sp³-hybridized carbons (Fsp3) is 0.148. The molecule has 206 valence electrons. The second-order valence-electron chi connectivity index (χ2n) is 8.36. The van der Waals surface area contributed by atoms with E-state index in [-0.39, 0.29) is 10.9 Å². The molecule has 0 bridgehead atoms. The molecule has 0 saturated carbocycles. The van der Waals surface area contributed by atoms with Crippen molar-refractivity contribution in [3.63, 3.8) is 0 Å². The van der Waals surface area contributed by atoms with Gasteiger partial charge in [0.2, 0.25) is 5.17 Å². The van der Waals surface area contributed by atoms with Crippen LogP contribution in [0.15, 0.2) is 83.2 Å². The maximum Gasteiger partial charge on any atom is 0.573 e. The fourth-order valence-corrected chi connectivity index (χ4v) is 3.86. The van der Waals surface area contributed by atoms with Gasteiger partial charge in [-0.15, -0.1) is 18.3 Å². The van der Waals surface area contributed by atoms with E-state index in [2.05, 4.69) is 30.3 Å². The molecular weight excluding hydrogens is 545 g/mol. The Balaban J connectivity index is 1.43. The van der Waals surface area contributed by atoms with Crippen molar-refractivity contribution in [3.05, 3.63) is 89.7 Å². The molecule has 13 heteroatoms. The molecular formula is C27H23F3N6O3S. The number of hydrazone groups is 1. The van der Waals surface area contributed by atoms with E-state index in [1.54, 1.807) is 18.3 Å². The molecule has 1 aromatic heterocycles. The van der Waals surface area contributed by atoms with E-state index in [0.717, 1.165) is 40.0 Å². The number of alkyl halides is 3. The molecule has 4 aromatic rings. The van der Waals surface area contributed by atoms with E-state index in [9.17, 15) is 18.0 Å². The van der Waals surface area contributed by atoms with Gasteiger partial charge in [-0.1, -0.05) is 42.5 Å². The highest BCUT2D eigenvalue weighted by Gasteiger charge is 2.31. The normalized spacial score (nSPS) is 12.0. The average molecular weight is 569 g/mol. The molecule has 0 atom stereocenters. The number of aliphatic imine (C=N–C) groups is 1. The third kappa shape index (κ3) is 7.93. The van der Waals surface area contributed by atoms with E-state index in [1.165, 1.54) is 42.2 Å². The van der Waals surface area contributed by atoms with Crippen molar-refractivity contribution in [1.82, 2.24) is 20.2 Å². The minimum absolute atomic E-state index is 0.285. The van der Waals surface area contributed by atoms with Crippen molar-refractivity contribution in [3.8, 4) is 22.8 Å². The van der Waals surface area contributed by atoms with Gasteiger partial charge >= 0.3 is 12.3 Å². The number of para-hydroxylation sites is 1. The Morgan fingerprint density at radius 3 is 2.33 bits per heavy atom. The number of hydrogen-bond acceptors (Lipinski definition) is 8. The average Bonchev–Trinajstić information content (AvgIpc) is 3.39. The summed E-state index contributed by atoms with van der Waals surface area (Å²) < 4.78 is 47.5. The monoisotopic (exact) mass is 568 g/mol. The van der Waals surface area contributed by atoms with Gasteiger partial charge in [-0.25, -0.2) is 14.7 Å². The van der Waals surface area contributed by atoms with Crippen LogP contribution in [0.4, 0.5) is 18.9 Å². The molecule has 0 aliphatic carbocycles. The van der Waals surface area contributed by atoms with Crippen LogP contribution < -0.4 is 10.2 Å². The molecule has 0 aliphatic heterocycles. The highest BCUT2D eigenvalue weighted by molar-refractivity contribution is 8.10. The second kappa shape index (κ2) is 12.5. The molecule has 0 aliphatic rings. The van der Waals surface area contributed by atoms with Crippen molar-refractivity contribution in [2.75, 3.05) is 0 Å². The highest BCUT2D eigenvalue weighted by atomic mass is 32.2. The van der Waals surface area contributed by atoms with Crippen LogP contribution in [0.5, 0.6) is 5.75 Å². The molecule has 40 heavy (non-hydrogen) atoms. The molecule has 0 amide bonds. The first-order chi connectivity index (χ1) is 19.1.